The van der Waals surface area contributed by atoms with Crippen molar-refractivity contribution >= 4 is 85.7 Å². The molecule has 34 heavy (non-hydrogen) atoms. The molecule has 0 aliphatic carbocycles. The van der Waals surface area contributed by atoms with Gasteiger partial charge in [0.25, 0.3) is 11.1 Å². The van der Waals surface area contributed by atoms with E-state index < -0.39 is 29.6 Å². The number of benzene rings is 2. The number of amides is 3. The lowest BCUT2D eigenvalue weighted by Gasteiger charge is -2.13. The number of thioether (sulfide) groups is 1. The highest BCUT2D eigenvalue weighted by Crippen LogP contribution is 2.37. The molecule has 1 fully saturated rings. The Morgan fingerprint density at radius 1 is 1.18 bits per heavy atom. The maximum Gasteiger partial charge on any atom is 0.344 e. The van der Waals surface area contributed by atoms with Gasteiger partial charge in [0.15, 0.2) is 12.4 Å². The van der Waals surface area contributed by atoms with Crippen molar-refractivity contribution in [2.45, 2.75) is 6.92 Å². The summed E-state index contributed by atoms with van der Waals surface area (Å²) in [5, 5.41) is 2.52. The minimum absolute atomic E-state index is 0.124. The number of hydrogen-bond acceptors (Lipinski definition) is 7. The molecule has 0 bridgehead atoms. The van der Waals surface area contributed by atoms with E-state index in [1.165, 1.54) is 12.1 Å². The second-order valence-corrected chi connectivity index (χ2v) is 9.37. The van der Waals surface area contributed by atoms with Crippen molar-refractivity contribution in [1.29, 1.82) is 0 Å². The van der Waals surface area contributed by atoms with Gasteiger partial charge in [-0.1, -0.05) is 35.3 Å². The number of ether oxygens (including phenoxy) is 2. The molecule has 178 valence electrons. The third-order valence-electron chi connectivity index (χ3n) is 4.28. The Labute approximate surface area is 217 Å². The number of carbonyl (C=O) groups excluding carboxylic acids is 4. The summed E-state index contributed by atoms with van der Waals surface area (Å²) in [6.45, 7) is 1.13. The van der Waals surface area contributed by atoms with E-state index in [1.807, 2.05) is 0 Å². The van der Waals surface area contributed by atoms with Crippen LogP contribution < -0.4 is 10.1 Å². The number of hydrogen-bond donors (Lipinski definition) is 1. The normalized spacial score (nSPS) is 14.5. The van der Waals surface area contributed by atoms with Crippen LogP contribution in [0.3, 0.4) is 0 Å². The summed E-state index contributed by atoms with van der Waals surface area (Å²) in [7, 11) is 0. The minimum atomic E-state index is -0.612. The standard InChI is InChI=1S/C22H17BrCl2N2O6S/c1-2-32-19(29)11-33-20-13(23)7-12(8-15(20)25)9-17-21(30)27(22(31)34-17)10-18(28)26-16-6-4-3-5-14(16)24/h3-9H,2,10-11H2,1H3,(H,26,28)/b17-9+. The fourth-order valence-corrected chi connectivity index (χ4v) is 4.83. The van der Waals surface area contributed by atoms with Gasteiger partial charge >= 0.3 is 5.97 Å². The van der Waals surface area contributed by atoms with Gasteiger partial charge in [-0.05, 0) is 70.5 Å². The predicted molar refractivity (Wildman–Crippen MR) is 134 cm³/mol. The van der Waals surface area contributed by atoms with Gasteiger partial charge in [-0.2, -0.15) is 0 Å². The topological polar surface area (TPSA) is 102 Å². The number of halogens is 3. The number of anilines is 1. The van der Waals surface area contributed by atoms with Crippen LogP contribution in [0.5, 0.6) is 5.75 Å². The number of para-hydroxylation sites is 1. The molecule has 0 atom stereocenters. The summed E-state index contributed by atoms with van der Waals surface area (Å²) < 4.78 is 10.6. The van der Waals surface area contributed by atoms with Crippen LogP contribution in [0.4, 0.5) is 10.5 Å². The molecule has 12 heteroatoms. The lowest BCUT2D eigenvalue weighted by molar-refractivity contribution is -0.145. The Hall–Kier alpha value is -2.53. The molecule has 0 unspecified atom stereocenters. The molecule has 2 aromatic carbocycles. The Balaban J connectivity index is 1.70. The Morgan fingerprint density at radius 3 is 2.59 bits per heavy atom. The molecule has 0 spiro atoms. The van der Waals surface area contributed by atoms with Crippen LogP contribution in [0.2, 0.25) is 10.0 Å². The first kappa shape index (κ1) is 26.1. The number of rotatable bonds is 8. The second kappa shape index (κ2) is 11.7. The van der Waals surface area contributed by atoms with Crippen molar-refractivity contribution in [1.82, 2.24) is 4.90 Å². The molecule has 1 N–H and O–H groups in total. The number of esters is 1. The first-order valence-electron chi connectivity index (χ1n) is 9.76. The predicted octanol–water partition coefficient (Wildman–Crippen LogP) is 5.37. The summed E-state index contributed by atoms with van der Waals surface area (Å²) in [6, 6.07) is 9.76. The lowest BCUT2D eigenvalue weighted by Crippen LogP contribution is -2.36. The number of carbonyl (C=O) groups is 4. The summed E-state index contributed by atoms with van der Waals surface area (Å²) in [6.07, 6.45) is 1.47. The van der Waals surface area contributed by atoms with Crippen LogP contribution in [0, 0.1) is 0 Å². The van der Waals surface area contributed by atoms with Crippen molar-refractivity contribution in [2.75, 3.05) is 25.1 Å². The van der Waals surface area contributed by atoms with E-state index in [9.17, 15) is 19.2 Å². The van der Waals surface area contributed by atoms with Gasteiger partial charge < -0.3 is 14.8 Å². The van der Waals surface area contributed by atoms with Crippen LogP contribution in [-0.2, 0) is 19.1 Å². The Kier molecular flexibility index (Phi) is 9.01. The summed E-state index contributed by atoms with van der Waals surface area (Å²) in [5.74, 6) is -1.48. The maximum atomic E-state index is 12.7. The van der Waals surface area contributed by atoms with Crippen molar-refractivity contribution < 1.29 is 28.7 Å². The van der Waals surface area contributed by atoms with Crippen molar-refractivity contribution in [3.8, 4) is 5.75 Å². The summed E-state index contributed by atoms with van der Waals surface area (Å²) in [4.78, 5) is 49.9. The zero-order valence-corrected chi connectivity index (χ0v) is 21.5. The van der Waals surface area contributed by atoms with Gasteiger partial charge in [-0.25, -0.2) is 4.79 Å². The quantitative estimate of drug-likeness (QED) is 0.327. The molecular formula is C22H17BrCl2N2O6S. The zero-order valence-electron chi connectivity index (χ0n) is 17.6. The number of imide groups is 1. The third-order valence-corrected chi connectivity index (χ3v) is 6.39. The molecular weight excluding hydrogens is 571 g/mol. The molecule has 0 radical (unpaired) electrons. The maximum absolute atomic E-state index is 12.7. The molecule has 1 aliphatic heterocycles. The summed E-state index contributed by atoms with van der Waals surface area (Å²) in [5.41, 5.74) is 0.882. The van der Waals surface area contributed by atoms with Crippen molar-refractivity contribution in [2.24, 2.45) is 0 Å². The van der Waals surface area contributed by atoms with Gasteiger partial charge in [-0.3, -0.25) is 19.3 Å². The first-order chi connectivity index (χ1) is 16.2. The van der Waals surface area contributed by atoms with Gasteiger partial charge in [0.05, 0.1) is 31.7 Å². The van der Waals surface area contributed by atoms with Gasteiger partial charge in [0.2, 0.25) is 5.91 Å². The molecule has 2 aromatic rings. The second-order valence-electron chi connectivity index (χ2n) is 6.70. The van der Waals surface area contributed by atoms with Crippen LogP contribution >= 0.6 is 50.9 Å². The fraction of sp³-hybridized carbons (Fsp3) is 0.182. The largest absolute Gasteiger partial charge is 0.479 e. The summed E-state index contributed by atoms with van der Waals surface area (Å²) >= 11 is 16.3. The molecule has 3 amide bonds. The smallest absolute Gasteiger partial charge is 0.344 e. The molecule has 3 rings (SSSR count). The van der Waals surface area contributed by atoms with E-state index in [2.05, 4.69) is 21.2 Å². The molecule has 8 nitrogen and oxygen atoms in total. The van der Waals surface area contributed by atoms with Crippen LogP contribution in [0.1, 0.15) is 12.5 Å². The van der Waals surface area contributed by atoms with E-state index in [1.54, 1.807) is 37.3 Å². The Morgan fingerprint density at radius 2 is 1.91 bits per heavy atom. The van der Waals surface area contributed by atoms with E-state index in [0.29, 0.717) is 32.5 Å². The molecule has 1 heterocycles. The molecule has 0 aromatic heterocycles. The average molecular weight is 588 g/mol. The molecule has 1 saturated heterocycles. The minimum Gasteiger partial charge on any atom is -0.479 e. The van der Waals surface area contributed by atoms with E-state index in [0.717, 1.165) is 4.90 Å². The number of nitrogens with zero attached hydrogens (tertiary/aromatic N) is 1. The van der Waals surface area contributed by atoms with E-state index in [4.69, 9.17) is 32.7 Å². The van der Waals surface area contributed by atoms with Crippen LogP contribution in [0.25, 0.3) is 6.08 Å². The monoisotopic (exact) mass is 586 g/mol. The molecule has 1 aliphatic rings. The van der Waals surface area contributed by atoms with Gasteiger partial charge in [-0.15, -0.1) is 0 Å². The van der Waals surface area contributed by atoms with Crippen molar-refractivity contribution in [3.05, 3.63) is 61.4 Å². The third kappa shape index (κ3) is 6.53. The lowest BCUT2D eigenvalue weighted by atomic mass is 10.2. The van der Waals surface area contributed by atoms with Gasteiger partial charge in [0.1, 0.15) is 6.54 Å². The highest BCUT2D eigenvalue weighted by atomic mass is 79.9. The van der Waals surface area contributed by atoms with Crippen LogP contribution in [0.15, 0.2) is 45.8 Å². The van der Waals surface area contributed by atoms with Gasteiger partial charge in [0, 0.05) is 0 Å². The highest BCUT2D eigenvalue weighted by Gasteiger charge is 2.36. The average Bonchev–Trinajstić information content (AvgIpc) is 3.02. The van der Waals surface area contributed by atoms with Crippen LogP contribution in [-0.4, -0.2) is 47.7 Å². The number of nitrogens with one attached hydrogen (secondary N) is 1. The van der Waals surface area contributed by atoms with E-state index >= 15 is 0 Å². The SMILES string of the molecule is CCOC(=O)COc1c(Cl)cc(/C=C2/SC(=O)N(CC(=O)Nc3ccccc3Cl)C2=O)cc1Br. The van der Waals surface area contributed by atoms with Crippen molar-refractivity contribution in [3.63, 3.8) is 0 Å². The molecule has 0 saturated carbocycles. The Bertz CT molecular complexity index is 1170. The fourth-order valence-electron chi connectivity index (χ4n) is 2.82. The highest BCUT2D eigenvalue weighted by molar-refractivity contribution is 9.10. The zero-order chi connectivity index (χ0) is 24.8. The first-order valence-corrected chi connectivity index (χ1v) is 12.1. The van der Waals surface area contributed by atoms with E-state index in [-0.39, 0.29) is 28.9 Å².